The van der Waals surface area contributed by atoms with E-state index in [-0.39, 0.29) is 5.78 Å². The van der Waals surface area contributed by atoms with Crippen LogP contribution in [0.3, 0.4) is 0 Å². The van der Waals surface area contributed by atoms with Gasteiger partial charge in [0, 0.05) is 32.9 Å². The maximum atomic E-state index is 12.3. The van der Waals surface area contributed by atoms with Crippen LogP contribution in [0.4, 0.5) is 0 Å². The molecule has 1 aromatic heterocycles. The van der Waals surface area contributed by atoms with Crippen molar-refractivity contribution in [2.45, 2.75) is 5.75 Å². The molecular weight excluding hydrogens is 346 g/mol. The van der Waals surface area contributed by atoms with E-state index in [9.17, 15) is 4.79 Å². The number of hydrogen-bond acceptors (Lipinski definition) is 2. The lowest BCUT2D eigenvalue weighted by Gasteiger charge is -2.02. The molecule has 0 aliphatic heterocycles. The summed E-state index contributed by atoms with van der Waals surface area (Å²) in [7, 11) is 0. The van der Waals surface area contributed by atoms with Crippen molar-refractivity contribution in [3.8, 4) is 0 Å². The number of nitrogens with one attached hydrogen (secondary N) is 1. The molecule has 0 aliphatic rings. The van der Waals surface area contributed by atoms with Gasteiger partial charge >= 0.3 is 0 Å². The van der Waals surface area contributed by atoms with Crippen molar-refractivity contribution < 1.29 is 4.79 Å². The molecule has 0 bridgehead atoms. The second kappa shape index (κ2) is 6.50. The van der Waals surface area contributed by atoms with Gasteiger partial charge in [-0.3, -0.25) is 4.79 Å². The van der Waals surface area contributed by atoms with E-state index in [1.165, 1.54) is 5.56 Å². The number of hydrogen-bond donors (Lipinski definition) is 1. The van der Waals surface area contributed by atoms with Crippen LogP contribution in [0.1, 0.15) is 15.9 Å². The number of ketones is 1. The summed E-state index contributed by atoms with van der Waals surface area (Å²) in [5.74, 6) is 1.52. The molecule has 1 heterocycles. The Balaban J connectivity index is 1.63. The van der Waals surface area contributed by atoms with Gasteiger partial charge in [0.15, 0.2) is 5.78 Å². The SMILES string of the molecule is O=C(CSCc1ccc(Br)cc1)c1c[nH]c2ccccc12. The monoisotopic (exact) mass is 359 g/mol. The summed E-state index contributed by atoms with van der Waals surface area (Å²) in [5.41, 5.74) is 3.03. The van der Waals surface area contributed by atoms with E-state index in [0.717, 1.165) is 26.7 Å². The van der Waals surface area contributed by atoms with Crippen molar-refractivity contribution >= 4 is 44.4 Å². The van der Waals surface area contributed by atoms with Crippen LogP contribution in [0.15, 0.2) is 59.2 Å². The fourth-order valence-electron chi connectivity index (χ4n) is 2.22. The van der Waals surface area contributed by atoms with E-state index < -0.39 is 0 Å². The number of H-pyrrole nitrogens is 1. The molecule has 0 atom stereocenters. The summed E-state index contributed by atoms with van der Waals surface area (Å²) in [6.45, 7) is 0. The van der Waals surface area contributed by atoms with Gasteiger partial charge in [-0.1, -0.05) is 46.3 Å². The Labute approximate surface area is 136 Å². The Morgan fingerprint density at radius 2 is 1.86 bits per heavy atom. The van der Waals surface area contributed by atoms with Gasteiger partial charge in [0.25, 0.3) is 0 Å². The third-order valence-electron chi connectivity index (χ3n) is 3.30. The molecule has 0 amide bonds. The minimum atomic E-state index is 0.176. The highest BCUT2D eigenvalue weighted by atomic mass is 79.9. The normalized spacial score (nSPS) is 10.9. The van der Waals surface area contributed by atoms with Crippen LogP contribution < -0.4 is 0 Å². The summed E-state index contributed by atoms with van der Waals surface area (Å²) < 4.78 is 1.08. The molecule has 2 aromatic carbocycles. The number of carbonyl (C=O) groups excluding carboxylic acids is 1. The molecule has 0 fully saturated rings. The molecule has 1 N–H and O–H groups in total. The molecule has 2 nitrogen and oxygen atoms in total. The number of carbonyl (C=O) groups is 1. The standard InChI is InChI=1S/C17H14BrNOS/c18-13-7-5-12(6-8-13)10-21-11-17(20)15-9-19-16-4-2-1-3-14(15)16/h1-9,19H,10-11H2. The van der Waals surface area contributed by atoms with Crippen LogP contribution in [0.25, 0.3) is 10.9 Å². The van der Waals surface area contributed by atoms with Crippen molar-refractivity contribution in [3.05, 3.63) is 70.3 Å². The lowest BCUT2D eigenvalue weighted by Crippen LogP contribution is -2.01. The maximum Gasteiger partial charge on any atom is 0.174 e. The first-order valence-electron chi connectivity index (χ1n) is 6.65. The third kappa shape index (κ3) is 3.39. The highest BCUT2D eigenvalue weighted by Gasteiger charge is 2.11. The van der Waals surface area contributed by atoms with E-state index >= 15 is 0 Å². The molecule has 3 aromatic rings. The van der Waals surface area contributed by atoms with Crippen LogP contribution in [-0.4, -0.2) is 16.5 Å². The number of aromatic nitrogens is 1. The Morgan fingerprint density at radius 1 is 1.10 bits per heavy atom. The van der Waals surface area contributed by atoms with Gasteiger partial charge < -0.3 is 4.98 Å². The molecule has 0 aliphatic carbocycles. The second-order valence-electron chi connectivity index (χ2n) is 4.79. The van der Waals surface area contributed by atoms with Gasteiger partial charge in [0.1, 0.15) is 0 Å². The zero-order valence-corrected chi connectivity index (χ0v) is 13.7. The number of halogens is 1. The quantitative estimate of drug-likeness (QED) is 0.646. The summed E-state index contributed by atoms with van der Waals surface area (Å²) in [5, 5.41) is 1.01. The summed E-state index contributed by atoms with van der Waals surface area (Å²) in [4.78, 5) is 15.5. The molecule has 4 heteroatoms. The van der Waals surface area contributed by atoms with E-state index in [0.29, 0.717) is 5.75 Å². The molecule has 0 spiro atoms. The molecule has 106 valence electrons. The average molecular weight is 360 g/mol. The first-order chi connectivity index (χ1) is 10.2. The number of thioether (sulfide) groups is 1. The third-order valence-corrected chi connectivity index (χ3v) is 4.84. The highest BCUT2D eigenvalue weighted by molar-refractivity contribution is 9.10. The number of para-hydroxylation sites is 1. The Kier molecular flexibility index (Phi) is 4.46. The minimum Gasteiger partial charge on any atom is -0.360 e. The molecule has 0 radical (unpaired) electrons. The smallest absolute Gasteiger partial charge is 0.174 e. The fraction of sp³-hybridized carbons (Fsp3) is 0.118. The van der Waals surface area contributed by atoms with Crippen molar-refractivity contribution in [2.24, 2.45) is 0 Å². The number of fused-ring (bicyclic) bond motifs is 1. The molecule has 3 rings (SSSR count). The summed E-state index contributed by atoms with van der Waals surface area (Å²) in [6.07, 6.45) is 1.81. The maximum absolute atomic E-state index is 12.3. The lowest BCUT2D eigenvalue weighted by molar-refractivity contribution is 0.102. The topological polar surface area (TPSA) is 32.9 Å². The molecule has 21 heavy (non-hydrogen) atoms. The first kappa shape index (κ1) is 14.4. The second-order valence-corrected chi connectivity index (χ2v) is 6.69. The first-order valence-corrected chi connectivity index (χ1v) is 8.60. The number of Topliss-reactive ketones (excluding diaryl/α,β-unsaturated/α-hetero) is 1. The van der Waals surface area contributed by atoms with E-state index in [1.54, 1.807) is 11.8 Å². The Morgan fingerprint density at radius 3 is 2.67 bits per heavy atom. The van der Waals surface area contributed by atoms with Gasteiger partial charge in [-0.05, 0) is 23.8 Å². The zero-order chi connectivity index (χ0) is 14.7. The van der Waals surface area contributed by atoms with Crippen molar-refractivity contribution in [1.29, 1.82) is 0 Å². The van der Waals surface area contributed by atoms with Gasteiger partial charge in [-0.15, -0.1) is 11.8 Å². The van der Waals surface area contributed by atoms with Crippen LogP contribution in [0.5, 0.6) is 0 Å². The van der Waals surface area contributed by atoms with E-state index in [1.807, 2.05) is 42.6 Å². The van der Waals surface area contributed by atoms with Crippen LogP contribution >= 0.6 is 27.7 Å². The Bertz CT molecular complexity index is 764. The van der Waals surface area contributed by atoms with Gasteiger partial charge in [-0.2, -0.15) is 0 Å². The predicted molar refractivity (Wildman–Crippen MR) is 92.9 cm³/mol. The average Bonchev–Trinajstić information content (AvgIpc) is 2.93. The van der Waals surface area contributed by atoms with Gasteiger partial charge in [0.05, 0.1) is 5.75 Å². The number of benzene rings is 2. The van der Waals surface area contributed by atoms with Crippen LogP contribution in [-0.2, 0) is 5.75 Å². The number of rotatable bonds is 5. The fourth-order valence-corrected chi connectivity index (χ4v) is 3.36. The largest absolute Gasteiger partial charge is 0.360 e. The van der Waals surface area contributed by atoms with Crippen molar-refractivity contribution in [3.63, 3.8) is 0 Å². The van der Waals surface area contributed by atoms with Crippen molar-refractivity contribution in [1.82, 2.24) is 4.98 Å². The van der Waals surface area contributed by atoms with Crippen LogP contribution in [0, 0.1) is 0 Å². The van der Waals surface area contributed by atoms with Gasteiger partial charge in [0.2, 0.25) is 0 Å². The molecule has 0 unspecified atom stereocenters. The number of aromatic amines is 1. The van der Waals surface area contributed by atoms with E-state index in [4.69, 9.17) is 0 Å². The lowest BCUT2D eigenvalue weighted by atomic mass is 10.1. The van der Waals surface area contributed by atoms with E-state index in [2.05, 4.69) is 33.0 Å². The molecule has 0 saturated heterocycles. The summed E-state index contributed by atoms with van der Waals surface area (Å²) >= 11 is 5.07. The molecule has 0 saturated carbocycles. The highest BCUT2D eigenvalue weighted by Crippen LogP contribution is 2.21. The minimum absolute atomic E-state index is 0.176. The Hall–Kier alpha value is -1.52. The van der Waals surface area contributed by atoms with Crippen molar-refractivity contribution in [2.75, 3.05) is 5.75 Å². The predicted octanol–water partition coefficient (Wildman–Crippen LogP) is 5.05. The molecular formula is C17H14BrNOS. The van der Waals surface area contributed by atoms with Gasteiger partial charge in [-0.25, -0.2) is 0 Å². The zero-order valence-electron chi connectivity index (χ0n) is 11.3. The summed E-state index contributed by atoms with van der Waals surface area (Å²) in [6, 6.07) is 16.1. The van der Waals surface area contributed by atoms with Crippen LogP contribution in [0.2, 0.25) is 0 Å².